The van der Waals surface area contributed by atoms with Gasteiger partial charge in [0, 0.05) is 24.5 Å². The molecule has 6 rings (SSSR count). The van der Waals surface area contributed by atoms with Crippen LogP contribution in [0.3, 0.4) is 0 Å². The normalized spacial score (nSPS) is 24.8. The van der Waals surface area contributed by atoms with Crippen LogP contribution in [-0.4, -0.2) is 68.0 Å². The summed E-state index contributed by atoms with van der Waals surface area (Å²) in [6.45, 7) is 3.35. The zero-order valence-corrected chi connectivity index (χ0v) is 21.0. The van der Waals surface area contributed by atoms with Crippen molar-refractivity contribution in [3.63, 3.8) is 0 Å². The van der Waals surface area contributed by atoms with Gasteiger partial charge in [-0.25, -0.2) is 10.4 Å². The van der Waals surface area contributed by atoms with E-state index in [0.29, 0.717) is 48.3 Å². The number of ether oxygens (including phenoxy) is 1. The smallest absolute Gasteiger partial charge is 0.240 e. The average molecular weight is 511 g/mol. The highest BCUT2D eigenvalue weighted by Gasteiger charge is 2.40. The molecular formula is C25H30N6O4S. The van der Waals surface area contributed by atoms with Gasteiger partial charge in [-0.1, -0.05) is 6.92 Å². The molecule has 2 atom stereocenters. The van der Waals surface area contributed by atoms with E-state index in [9.17, 15) is 14.1 Å². The minimum atomic E-state index is -1.11. The number of aromatic nitrogens is 2. The summed E-state index contributed by atoms with van der Waals surface area (Å²) in [4.78, 5) is 23.7. The summed E-state index contributed by atoms with van der Waals surface area (Å²) in [6.07, 6.45) is 3.94. The number of rotatable bonds is 7. The molecule has 0 radical (unpaired) electrons. The van der Waals surface area contributed by atoms with Crippen LogP contribution in [0.15, 0.2) is 34.3 Å². The summed E-state index contributed by atoms with van der Waals surface area (Å²) in [5.41, 5.74) is 4.87. The minimum absolute atomic E-state index is 0.0129. The van der Waals surface area contributed by atoms with Crippen molar-refractivity contribution in [3.8, 4) is 5.75 Å². The molecule has 2 fully saturated rings. The zero-order chi connectivity index (χ0) is 24.9. The average Bonchev–Trinajstić information content (AvgIpc) is 3.19. The van der Waals surface area contributed by atoms with Crippen molar-refractivity contribution in [3.05, 3.63) is 35.5 Å². The van der Waals surface area contributed by atoms with E-state index in [4.69, 9.17) is 14.7 Å². The third kappa shape index (κ3) is 4.24. The van der Waals surface area contributed by atoms with Crippen molar-refractivity contribution in [2.24, 2.45) is 11.0 Å². The number of aryl methyl sites for hydroxylation is 1. The van der Waals surface area contributed by atoms with E-state index in [1.807, 2.05) is 31.2 Å². The van der Waals surface area contributed by atoms with Gasteiger partial charge < -0.3 is 20.1 Å². The Morgan fingerprint density at radius 1 is 1.25 bits per heavy atom. The Bertz CT molecular complexity index is 1230. The molecule has 1 amide bonds. The molecular weight excluding hydrogens is 480 g/mol. The summed E-state index contributed by atoms with van der Waals surface area (Å²) in [5, 5.41) is 17.5. The summed E-state index contributed by atoms with van der Waals surface area (Å²) in [7, 11) is -1.11. The number of fused-ring (bicyclic) bond motifs is 1. The van der Waals surface area contributed by atoms with Crippen molar-refractivity contribution >= 4 is 34.2 Å². The molecule has 2 aromatic rings. The van der Waals surface area contributed by atoms with Crippen LogP contribution in [0.4, 0.5) is 11.8 Å². The standard InChI is InChI=1S/C25H30N6O4S/c1-15-11-20(33)29-30-21(15)16-3-5-17(6-4-16)35-18-12-31(13-18)24-26-19-7-10-36(34)22(19)23(27-24)28-25(14-32)8-2-9-25/h3-6,15,18,32H,2,7-14H2,1H3,(H,29,33)(H,26,27,28)/t15?,36-/m1/s1. The molecule has 4 heterocycles. The Morgan fingerprint density at radius 3 is 2.69 bits per heavy atom. The Balaban J connectivity index is 1.12. The lowest BCUT2D eigenvalue weighted by atomic mass is 9.77. The van der Waals surface area contributed by atoms with Gasteiger partial charge in [-0.15, -0.1) is 0 Å². The molecule has 1 saturated heterocycles. The number of nitrogens with one attached hydrogen (secondary N) is 2. The molecule has 10 nitrogen and oxygen atoms in total. The number of aliphatic hydroxyl groups is 1. The quantitative estimate of drug-likeness (QED) is 0.512. The highest BCUT2D eigenvalue weighted by Crippen LogP contribution is 2.38. The van der Waals surface area contributed by atoms with E-state index in [1.165, 1.54) is 0 Å². The van der Waals surface area contributed by atoms with Crippen molar-refractivity contribution in [2.45, 2.75) is 55.6 Å². The van der Waals surface area contributed by atoms with Gasteiger partial charge in [0.1, 0.15) is 22.6 Å². The monoisotopic (exact) mass is 510 g/mol. The first-order valence-corrected chi connectivity index (χ1v) is 13.8. The molecule has 11 heteroatoms. The Morgan fingerprint density at radius 2 is 2.03 bits per heavy atom. The summed E-state index contributed by atoms with van der Waals surface area (Å²) < 4.78 is 18.8. The van der Waals surface area contributed by atoms with E-state index in [2.05, 4.69) is 20.7 Å². The summed E-state index contributed by atoms with van der Waals surface area (Å²) in [6, 6.07) is 7.80. The van der Waals surface area contributed by atoms with Crippen LogP contribution >= 0.6 is 0 Å². The van der Waals surface area contributed by atoms with Crippen molar-refractivity contribution in [2.75, 3.05) is 35.7 Å². The molecule has 190 valence electrons. The van der Waals surface area contributed by atoms with Crippen molar-refractivity contribution < 1.29 is 18.8 Å². The lowest BCUT2D eigenvalue weighted by molar-refractivity contribution is -0.121. The summed E-state index contributed by atoms with van der Waals surface area (Å²) in [5.74, 6) is 2.58. The van der Waals surface area contributed by atoms with Gasteiger partial charge >= 0.3 is 0 Å². The van der Waals surface area contributed by atoms with Gasteiger partial charge in [0.05, 0.1) is 47.4 Å². The predicted molar refractivity (Wildman–Crippen MR) is 136 cm³/mol. The van der Waals surface area contributed by atoms with E-state index in [0.717, 1.165) is 42.0 Å². The number of hydrogen-bond acceptors (Lipinski definition) is 9. The van der Waals surface area contributed by atoms with Crippen LogP contribution in [0.5, 0.6) is 5.75 Å². The van der Waals surface area contributed by atoms with Gasteiger partial charge in [0.2, 0.25) is 11.9 Å². The molecule has 1 aliphatic carbocycles. The van der Waals surface area contributed by atoms with Gasteiger partial charge in [-0.05, 0) is 49.1 Å². The van der Waals surface area contributed by atoms with Gasteiger partial charge in [0.15, 0.2) is 0 Å². The van der Waals surface area contributed by atoms with E-state index in [1.54, 1.807) is 0 Å². The van der Waals surface area contributed by atoms with Gasteiger partial charge in [-0.3, -0.25) is 9.00 Å². The third-order valence-electron chi connectivity index (χ3n) is 7.52. The van der Waals surface area contributed by atoms with Crippen LogP contribution in [0.2, 0.25) is 0 Å². The fraction of sp³-hybridized carbons (Fsp3) is 0.520. The molecule has 3 N–H and O–H groups in total. The van der Waals surface area contributed by atoms with E-state index < -0.39 is 10.8 Å². The first kappa shape index (κ1) is 23.4. The number of carbonyl (C=O) groups excluding carboxylic acids is 1. The van der Waals surface area contributed by atoms with Gasteiger partial charge in [-0.2, -0.15) is 10.1 Å². The maximum absolute atomic E-state index is 12.6. The fourth-order valence-corrected chi connectivity index (χ4v) is 6.47. The number of carbonyl (C=O) groups is 1. The van der Waals surface area contributed by atoms with Crippen LogP contribution < -0.4 is 20.4 Å². The van der Waals surface area contributed by atoms with Gasteiger partial charge in [0.25, 0.3) is 0 Å². The Kier molecular flexibility index (Phi) is 5.91. The Hall–Kier alpha value is -3.05. The van der Waals surface area contributed by atoms with Crippen LogP contribution in [0.25, 0.3) is 0 Å². The molecule has 1 aromatic carbocycles. The molecule has 0 spiro atoms. The highest BCUT2D eigenvalue weighted by molar-refractivity contribution is 7.85. The number of amides is 1. The molecule has 0 bridgehead atoms. The number of benzene rings is 1. The molecule has 1 aromatic heterocycles. The number of aliphatic hydroxyl groups excluding tert-OH is 1. The number of nitrogens with zero attached hydrogens (tertiary/aromatic N) is 4. The lowest BCUT2D eigenvalue weighted by Gasteiger charge is -2.42. The first-order valence-electron chi connectivity index (χ1n) is 12.5. The molecule has 3 aliphatic heterocycles. The topological polar surface area (TPSA) is 129 Å². The largest absolute Gasteiger partial charge is 0.487 e. The minimum Gasteiger partial charge on any atom is -0.487 e. The SMILES string of the molecule is CC1CC(=O)NN=C1c1ccc(OC2CN(c3nc4c(c(NC5(CO)CCC5)n3)[S@](=O)CC4)C2)cc1. The second-order valence-electron chi connectivity index (χ2n) is 10.2. The fourth-order valence-electron chi connectivity index (χ4n) is 5.16. The number of anilines is 2. The third-order valence-corrected chi connectivity index (χ3v) is 8.98. The molecule has 36 heavy (non-hydrogen) atoms. The van der Waals surface area contributed by atoms with Crippen molar-refractivity contribution in [1.29, 1.82) is 0 Å². The Labute approximate surface area is 212 Å². The van der Waals surface area contributed by atoms with Crippen LogP contribution in [-0.2, 0) is 22.0 Å². The zero-order valence-electron chi connectivity index (χ0n) is 20.2. The predicted octanol–water partition coefficient (Wildman–Crippen LogP) is 1.59. The summed E-state index contributed by atoms with van der Waals surface area (Å²) >= 11 is 0. The number of hydrogen-bond donors (Lipinski definition) is 3. The maximum Gasteiger partial charge on any atom is 0.240 e. The molecule has 4 aliphatic rings. The first-order chi connectivity index (χ1) is 17.4. The highest BCUT2D eigenvalue weighted by atomic mass is 32.2. The molecule has 1 saturated carbocycles. The maximum atomic E-state index is 12.6. The second-order valence-corrected chi connectivity index (χ2v) is 11.7. The van der Waals surface area contributed by atoms with Crippen molar-refractivity contribution in [1.82, 2.24) is 15.4 Å². The van der Waals surface area contributed by atoms with Crippen LogP contribution in [0.1, 0.15) is 43.9 Å². The molecule has 1 unspecified atom stereocenters. The van der Waals surface area contributed by atoms with E-state index >= 15 is 0 Å². The number of hydrazone groups is 1. The van der Waals surface area contributed by atoms with E-state index in [-0.39, 0.29) is 30.1 Å². The second kappa shape index (κ2) is 9.11. The van der Waals surface area contributed by atoms with Crippen LogP contribution in [0, 0.1) is 5.92 Å². The lowest BCUT2D eigenvalue weighted by Crippen LogP contribution is -2.55.